The van der Waals surface area contributed by atoms with Gasteiger partial charge >= 0.3 is 0 Å². The van der Waals surface area contributed by atoms with Crippen LogP contribution in [0.5, 0.6) is 0 Å². The number of rotatable bonds is 7. The minimum Gasteiger partial charge on any atom is -0.351 e. The minimum absolute atomic E-state index is 0.185. The van der Waals surface area contributed by atoms with Gasteiger partial charge in [0.1, 0.15) is 16.5 Å². The molecule has 0 spiro atoms. The number of likely N-dealkylation sites (tertiary alicyclic amines) is 1. The lowest BCUT2D eigenvalue weighted by Gasteiger charge is -2.33. The van der Waals surface area contributed by atoms with Crippen LogP contribution in [-0.4, -0.2) is 41.5 Å². The molecule has 1 atom stereocenters. The van der Waals surface area contributed by atoms with Gasteiger partial charge in [0.2, 0.25) is 0 Å². The number of hydrogen-bond donors (Lipinski definition) is 1. The molecule has 1 amide bonds. The highest BCUT2D eigenvalue weighted by Crippen LogP contribution is 2.26. The van der Waals surface area contributed by atoms with E-state index >= 15 is 0 Å². The maximum absolute atomic E-state index is 13.8. The summed E-state index contributed by atoms with van der Waals surface area (Å²) in [6.07, 6.45) is 5.98. The molecule has 26 heavy (non-hydrogen) atoms. The van der Waals surface area contributed by atoms with Gasteiger partial charge in [0.25, 0.3) is 5.91 Å². The lowest BCUT2D eigenvalue weighted by atomic mass is 10.0. The largest absolute Gasteiger partial charge is 0.351 e. The molecule has 1 aliphatic rings. The second-order valence-corrected chi connectivity index (χ2v) is 7.72. The van der Waals surface area contributed by atoms with Crippen LogP contribution >= 0.6 is 11.3 Å². The third-order valence-electron chi connectivity index (χ3n) is 4.94. The van der Waals surface area contributed by atoms with Crippen molar-refractivity contribution in [3.8, 4) is 10.6 Å². The summed E-state index contributed by atoms with van der Waals surface area (Å²) < 4.78 is 13.8. The van der Waals surface area contributed by atoms with Crippen molar-refractivity contribution in [1.82, 2.24) is 15.2 Å². The fourth-order valence-electron chi connectivity index (χ4n) is 3.36. The third kappa shape index (κ3) is 4.89. The van der Waals surface area contributed by atoms with Crippen LogP contribution in [0.25, 0.3) is 10.6 Å². The van der Waals surface area contributed by atoms with Gasteiger partial charge in [-0.3, -0.25) is 4.79 Å². The molecule has 1 aromatic carbocycles. The first-order chi connectivity index (χ1) is 12.6. The Kier molecular flexibility index (Phi) is 6.74. The van der Waals surface area contributed by atoms with Gasteiger partial charge < -0.3 is 10.2 Å². The van der Waals surface area contributed by atoms with Crippen LogP contribution in [0, 0.1) is 5.82 Å². The maximum Gasteiger partial charge on any atom is 0.270 e. The van der Waals surface area contributed by atoms with Crippen LogP contribution in [0.2, 0.25) is 0 Å². The van der Waals surface area contributed by atoms with Gasteiger partial charge in [0.05, 0.1) is 0 Å². The van der Waals surface area contributed by atoms with Crippen LogP contribution in [0.4, 0.5) is 4.39 Å². The lowest BCUT2D eigenvalue weighted by Crippen LogP contribution is -2.38. The summed E-state index contributed by atoms with van der Waals surface area (Å²) in [7, 11) is 0. The second-order valence-electron chi connectivity index (χ2n) is 6.86. The van der Waals surface area contributed by atoms with Crippen LogP contribution in [-0.2, 0) is 0 Å². The number of aromatic nitrogens is 1. The predicted octanol–water partition coefficient (Wildman–Crippen LogP) is 4.33. The van der Waals surface area contributed by atoms with Gasteiger partial charge in [0, 0.05) is 23.5 Å². The molecule has 0 saturated carbocycles. The maximum atomic E-state index is 13.8. The molecular weight excluding hydrogens is 349 g/mol. The van der Waals surface area contributed by atoms with Crippen molar-refractivity contribution in [2.45, 2.75) is 45.1 Å². The van der Waals surface area contributed by atoms with Gasteiger partial charge in [-0.2, -0.15) is 0 Å². The Bertz CT molecular complexity index is 733. The molecule has 1 aromatic heterocycles. The average molecular weight is 376 g/mol. The Hall–Kier alpha value is -1.79. The highest BCUT2D eigenvalue weighted by molar-refractivity contribution is 7.13. The second kappa shape index (κ2) is 9.24. The summed E-state index contributed by atoms with van der Waals surface area (Å²) in [5, 5.41) is 5.14. The number of piperidine rings is 1. The Morgan fingerprint density at radius 2 is 2.19 bits per heavy atom. The van der Waals surface area contributed by atoms with E-state index in [4.69, 9.17) is 0 Å². The molecule has 2 heterocycles. The van der Waals surface area contributed by atoms with E-state index in [0.29, 0.717) is 28.9 Å². The first-order valence-electron chi connectivity index (χ1n) is 9.38. The zero-order valence-corrected chi connectivity index (χ0v) is 16.0. The molecule has 6 heteroatoms. The molecule has 4 nitrogen and oxygen atoms in total. The molecule has 0 radical (unpaired) electrons. The number of thiazole rings is 1. The summed E-state index contributed by atoms with van der Waals surface area (Å²) in [6, 6.07) is 7.18. The molecule has 1 saturated heterocycles. The summed E-state index contributed by atoms with van der Waals surface area (Å²) in [6.45, 7) is 5.25. The number of nitrogens with zero attached hydrogens (tertiary/aromatic N) is 2. The van der Waals surface area contributed by atoms with E-state index in [9.17, 15) is 9.18 Å². The summed E-state index contributed by atoms with van der Waals surface area (Å²) in [4.78, 5) is 19.0. The van der Waals surface area contributed by atoms with Gasteiger partial charge in [-0.05, 0) is 57.8 Å². The van der Waals surface area contributed by atoms with E-state index in [2.05, 4.69) is 22.1 Å². The Balaban J connectivity index is 1.42. The molecule has 0 aliphatic carbocycles. The highest BCUT2D eigenvalue weighted by Gasteiger charge is 2.17. The first kappa shape index (κ1) is 19.0. The van der Waals surface area contributed by atoms with E-state index < -0.39 is 0 Å². The molecule has 1 fully saturated rings. The number of amides is 1. The summed E-state index contributed by atoms with van der Waals surface area (Å²) in [5.41, 5.74) is 0.796. The molecule has 2 aromatic rings. The van der Waals surface area contributed by atoms with Crippen molar-refractivity contribution in [2.24, 2.45) is 0 Å². The highest BCUT2D eigenvalue weighted by atomic mass is 32.1. The van der Waals surface area contributed by atoms with Crippen LogP contribution in [0.1, 0.15) is 49.5 Å². The van der Waals surface area contributed by atoms with Crippen molar-refractivity contribution in [3.05, 3.63) is 41.2 Å². The third-order valence-corrected chi connectivity index (χ3v) is 5.81. The number of unbranched alkanes of at least 4 members (excludes halogenated alkanes) is 1. The van der Waals surface area contributed by atoms with Gasteiger partial charge in [-0.25, -0.2) is 9.37 Å². The SMILES string of the molecule is CC1CCCCN1CCCCNC(=O)c1csc(-c2ccccc2F)n1. The van der Waals surface area contributed by atoms with Crippen molar-refractivity contribution in [3.63, 3.8) is 0 Å². The quantitative estimate of drug-likeness (QED) is 0.733. The van der Waals surface area contributed by atoms with E-state index in [-0.39, 0.29) is 11.7 Å². The molecular formula is C20H26FN3OS. The number of carbonyl (C=O) groups excluding carboxylic acids is 1. The summed E-state index contributed by atoms with van der Waals surface area (Å²) >= 11 is 1.29. The summed E-state index contributed by atoms with van der Waals surface area (Å²) in [5.74, 6) is -0.504. The lowest BCUT2D eigenvalue weighted by molar-refractivity contribution is 0.0947. The predicted molar refractivity (Wildman–Crippen MR) is 104 cm³/mol. The van der Waals surface area contributed by atoms with Crippen molar-refractivity contribution >= 4 is 17.2 Å². The fraction of sp³-hybridized carbons (Fsp3) is 0.500. The van der Waals surface area contributed by atoms with E-state index in [1.807, 2.05) is 0 Å². The van der Waals surface area contributed by atoms with Crippen molar-refractivity contribution in [1.29, 1.82) is 0 Å². The van der Waals surface area contributed by atoms with E-state index in [1.54, 1.807) is 23.6 Å². The van der Waals surface area contributed by atoms with E-state index in [1.165, 1.54) is 43.2 Å². The smallest absolute Gasteiger partial charge is 0.270 e. The van der Waals surface area contributed by atoms with Crippen LogP contribution in [0.15, 0.2) is 29.6 Å². The monoisotopic (exact) mass is 375 g/mol. The number of benzene rings is 1. The van der Waals surface area contributed by atoms with Gasteiger partial charge in [0.15, 0.2) is 0 Å². The molecule has 3 rings (SSSR count). The Morgan fingerprint density at radius 1 is 1.35 bits per heavy atom. The Morgan fingerprint density at radius 3 is 3.00 bits per heavy atom. The first-order valence-corrected chi connectivity index (χ1v) is 10.3. The normalized spacial score (nSPS) is 18.0. The topological polar surface area (TPSA) is 45.2 Å². The number of nitrogens with one attached hydrogen (secondary N) is 1. The molecule has 0 bridgehead atoms. The number of halogens is 1. The van der Waals surface area contributed by atoms with Gasteiger partial charge in [-0.15, -0.1) is 11.3 Å². The van der Waals surface area contributed by atoms with Crippen LogP contribution < -0.4 is 5.32 Å². The zero-order valence-electron chi connectivity index (χ0n) is 15.2. The number of hydrogen-bond acceptors (Lipinski definition) is 4. The number of carbonyl (C=O) groups is 1. The van der Waals surface area contributed by atoms with E-state index in [0.717, 1.165) is 19.4 Å². The van der Waals surface area contributed by atoms with Crippen molar-refractivity contribution < 1.29 is 9.18 Å². The van der Waals surface area contributed by atoms with Crippen LogP contribution in [0.3, 0.4) is 0 Å². The molecule has 140 valence electrons. The van der Waals surface area contributed by atoms with Crippen molar-refractivity contribution in [2.75, 3.05) is 19.6 Å². The molecule has 1 unspecified atom stereocenters. The molecule has 1 N–H and O–H groups in total. The average Bonchev–Trinajstić information content (AvgIpc) is 3.13. The molecule has 1 aliphatic heterocycles. The zero-order chi connectivity index (χ0) is 18.4. The standard InChI is InChI=1S/C20H26FN3OS/c1-15-8-4-6-12-24(15)13-7-5-11-22-19(25)18-14-26-20(23-18)16-9-2-3-10-17(16)21/h2-3,9-10,14-15H,4-8,11-13H2,1H3,(H,22,25). The minimum atomic E-state index is -0.319. The fourth-order valence-corrected chi connectivity index (χ4v) is 4.19. The van der Waals surface area contributed by atoms with Gasteiger partial charge in [-0.1, -0.05) is 18.6 Å². The Labute approximate surface area is 158 Å².